The lowest BCUT2D eigenvalue weighted by molar-refractivity contribution is -0.137. The van der Waals surface area contributed by atoms with Crippen LogP contribution in [-0.2, 0) is 20.9 Å². The monoisotopic (exact) mass is 518 g/mol. The molecule has 0 saturated carbocycles. The van der Waals surface area contributed by atoms with Crippen LogP contribution in [0.4, 0.5) is 4.79 Å². The molecule has 0 aliphatic heterocycles. The van der Waals surface area contributed by atoms with E-state index in [-0.39, 0.29) is 31.9 Å². The maximum Gasteiger partial charge on any atom is 0.410 e. The number of hydrogen-bond acceptors (Lipinski definition) is 6. The van der Waals surface area contributed by atoms with E-state index >= 15 is 0 Å². The lowest BCUT2D eigenvalue weighted by atomic mass is 9.98. The lowest BCUT2D eigenvalue weighted by Crippen LogP contribution is -2.48. The van der Waals surface area contributed by atoms with Crippen molar-refractivity contribution in [2.45, 2.75) is 31.3 Å². The van der Waals surface area contributed by atoms with Gasteiger partial charge in [0.15, 0.2) is 0 Å². The van der Waals surface area contributed by atoms with Gasteiger partial charge in [0.1, 0.15) is 24.1 Å². The normalized spacial score (nSPS) is 12.7. The third kappa shape index (κ3) is 5.56. The molecule has 198 valence electrons. The van der Waals surface area contributed by atoms with Crippen LogP contribution in [0.5, 0.6) is 11.5 Å². The molecule has 4 rings (SSSR count). The van der Waals surface area contributed by atoms with Crippen molar-refractivity contribution in [2.24, 2.45) is 5.73 Å². The van der Waals surface area contributed by atoms with E-state index in [9.17, 15) is 19.5 Å². The first-order valence-corrected chi connectivity index (χ1v) is 12.2. The van der Waals surface area contributed by atoms with Crippen LogP contribution < -0.4 is 15.2 Å². The maximum atomic E-state index is 13.5. The molecule has 0 fully saturated rings. The number of amides is 2. The Balaban J connectivity index is 1.62. The zero-order valence-corrected chi connectivity index (χ0v) is 21.3. The van der Waals surface area contributed by atoms with Crippen molar-refractivity contribution < 1.29 is 33.7 Å². The highest BCUT2D eigenvalue weighted by molar-refractivity contribution is 5.85. The molecule has 0 radical (unpaired) electrons. The zero-order valence-electron chi connectivity index (χ0n) is 21.3. The number of methoxy groups -OCH3 is 2. The number of rotatable bonds is 11. The van der Waals surface area contributed by atoms with Gasteiger partial charge in [-0.25, -0.2) is 4.79 Å². The predicted molar refractivity (Wildman–Crippen MR) is 140 cm³/mol. The Morgan fingerprint density at radius 2 is 1.58 bits per heavy atom. The van der Waals surface area contributed by atoms with E-state index in [0.717, 1.165) is 22.3 Å². The first-order valence-electron chi connectivity index (χ1n) is 12.2. The number of nitrogens with two attached hydrogens (primary N) is 1. The van der Waals surface area contributed by atoms with Crippen molar-refractivity contribution >= 4 is 18.0 Å². The van der Waals surface area contributed by atoms with Gasteiger partial charge in [-0.05, 0) is 40.8 Å². The van der Waals surface area contributed by atoms with Crippen LogP contribution in [0.2, 0.25) is 0 Å². The molecule has 1 atom stereocenters. The molecule has 0 spiro atoms. The molecular formula is C29H30N2O7. The van der Waals surface area contributed by atoms with Crippen molar-refractivity contribution in [3.63, 3.8) is 0 Å². The first-order chi connectivity index (χ1) is 18.3. The van der Waals surface area contributed by atoms with E-state index in [4.69, 9.17) is 19.9 Å². The molecule has 3 N–H and O–H groups in total. The first kappa shape index (κ1) is 26.5. The zero-order chi connectivity index (χ0) is 27.2. The van der Waals surface area contributed by atoms with Gasteiger partial charge in [-0.2, -0.15) is 0 Å². The Hall–Kier alpha value is -4.53. The Labute approximate surface area is 220 Å². The van der Waals surface area contributed by atoms with E-state index in [0.29, 0.717) is 17.1 Å². The smallest absolute Gasteiger partial charge is 0.410 e. The number of carbonyl (C=O) groups excluding carboxylic acids is 2. The molecule has 0 saturated heterocycles. The summed E-state index contributed by atoms with van der Waals surface area (Å²) in [5.41, 5.74) is 10.5. The Kier molecular flexibility index (Phi) is 8.15. The van der Waals surface area contributed by atoms with Gasteiger partial charge in [0, 0.05) is 24.0 Å². The van der Waals surface area contributed by atoms with Crippen LogP contribution in [-0.4, -0.2) is 54.8 Å². The molecule has 0 unspecified atom stereocenters. The number of aliphatic carboxylic acids is 1. The van der Waals surface area contributed by atoms with Crippen molar-refractivity contribution in [1.82, 2.24) is 4.90 Å². The number of carboxylic acids is 1. The summed E-state index contributed by atoms with van der Waals surface area (Å²) in [6, 6.07) is 19.8. The van der Waals surface area contributed by atoms with Gasteiger partial charge >= 0.3 is 12.1 Å². The lowest BCUT2D eigenvalue weighted by Gasteiger charge is -2.30. The molecule has 1 aliphatic rings. The topological polar surface area (TPSA) is 128 Å². The van der Waals surface area contributed by atoms with Gasteiger partial charge in [-0.1, -0.05) is 48.5 Å². The number of hydrogen-bond donors (Lipinski definition) is 2. The minimum atomic E-state index is -1.20. The average molecular weight is 519 g/mol. The third-order valence-electron chi connectivity index (χ3n) is 6.74. The Morgan fingerprint density at radius 1 is 0.947 bits per heavy atom. The molecule has 0 heterocycles. The van der Waals surface area contributed by atoms with Crippen LogP contribution in [0.3, 0.4) is 0 Å². The summed E-state index contributed by atoms with van der Waals surface area (Å²) >= 11 is 0. The minimum Gasteiger partial charge on any atom is -0.497 e. The number of nitrogens with zero attached hydrogens (tertiary/aromatic N) is 1. The number of benzene rings is 3. The van der Waals surface area contributed by atoms with Gasteiger partial charge in [0.25, 0.3) is 0 Å². The summed E-state index contributed by atoms with van der Waals surface area (Å²) in [6.07, 6.45) is -1.28. The summed E-state index contributed by atoms with van der Waals surface area (Å²) in [5, 5.41) is 9.21. The molecule has 0 aromatic heterocycles. The largest absolute Gasteiger partial charge is 0.497 e. The highest BCUT2D eigenvalue weighted by atomic mass is 16.6. The molecule has 38 heavy (non-hydrogen) atoms. The fraction of sp³-hybridized carbons (Fsp3) is 0.276. The molecular weight excluding hydrogens is 488 g/mol. The molecule has 9 heteroatoms. The number of carboxylic acid groups (broad SMARTS) is 1. The van der Waals surface area contributed by atoms with E-state index in [1.54, 1.807) is 18.2 Å². The molecule has 9 nitrogen and oxygen atoms in total. The van der Waals surface area contributed by atoms with Crippen molar-refractivity contribution in [3.8, 4) is 22.6 Å². The number of carbonyl (C=O) groups is 3. The molecule has 3 aromatic carbocycles. The fourth-order valence-corrected chi connectivity index (χ4v) is 4.86. The molecule has 0 bridgehead atoms. The quantitative estimate of drug-likeness (QED) is 0.390. The standard InChI is InChI=1S/C29H30N2O7/c1-36-19-12-11-18(26(15-19)37-2)16-31(25(28(30)34)13-14-27(32)33)29(35)38-17-24-22-9-5-3-7-20(22)21-8-4-6-10-23(21)24/h3-12,15,24-25H,13-14,16-17H2,1-2H3,(H2,30,34)(H,32,33)/t25-/m0/s1. The van der Waals surface area contributed by atoms with Crippen LogP contribution in [0, 0.1) is 0 Å². The SMILES string of the molecule is COc1ccc(CN(C(=O)OCC2c3ccccc3-c3ccccc32)[C@@H](CCC(=O)O)C(N)=O)c(OC)c1. The van der Waals surface area contributed by atoms with Crippen LogP contribution in [0.1, 0.15) is 35.4 Å². The van der Waals surface area contributed by atoms with Crippen molar-refractivity contribution in [1.29, 1.82) is 0 Å². The highest BCUT2D eigenvalue weighted by Crippen LogP contribution is 2.44. The Bertz CT molecular complexity index is 1290. The van der Waals surface area contributed by atoms with E-state index in [2.05, 4.69) is 0 Å². The number of ether oxygens (including phenoxy) is 3. The van der Waals surface area contributed by atoms with Crippen molar-refractivity contribution in [3.05, 3.63) is 83.4 Å². The van der Waals surface area contributed by atoms with Crippen LogP contribution in [0.15, 0.2) is 66.7 Å². The summed E-state index contributed by atoms with van der Waals surface area (Å²) in [4.78, 5) is 38.4. The number of primary amides is 1. The van der Waals surface area contributed by atoms with E-state index in [1.165, 1.54) is 19.1 Å². The average Bonchev–Trinajstić information content (AvgIpc) is 3.24. The summed E-state index contributed by atoms with van der Waals surface area (Å²) in [7, 11) is 3.00. The Morgan fingerprint density at radius 3 is 2.13 bits per heavy atom. The molecule has 3 aromatic rings. The van der Waals surface area contributed by atoms with Gasteiger partial charge in [-0.3, -0.25) is 14.5 Å². The van der Waals surface area contributed by atoms with Gasteiger partial charge in [-0.15, -0.1) is 0 Å². The molecule has 2 amide bonds. The summed E-state index contributed by atoms with van der Waals surface area (Å²) in [5.74, 6) is -1.13. The summed E-state index contributed by atoms with van der Waals surface area (Å²) < 4.78 is 16.5. The minimum absolute atomic E-state index is 0.0352. The highest BCUT2D eigenvalue weighted by Gasteiger charge is 2.33. The fourth-order valence-electron chi connectivity index (χ4n) is 4.86. The second kappa shape index (κ2) is 11.7. The van der Waals surface area contributed by atoms with Crippen LogP contribution >= 0.6 is 0 Å². The second-order valence-electron chi connectivity index (χ2n) is 8.96. The summed E-state index contributed by atoms with van der Waals surface area (Å²) in [6.45, 7) is -0.0510. The van der Waals surface area contributed by atoms with Crippen molar-refractivity contribution in [2.75, 3.05) is 20.8 Å². The van der Waals surface area contributed by atoms with E-state index < -0.39 is 24.0 Å². The van der Waals surface area contributed by atoms with Gasteiger partial charge < -0.3 is 25.1 Å². The van der Waals surface area contributed by atoms with E-state index in [1.807, 2.05) is 48.5 Å². The molecule has 1 aliphatic carbocycles. The predicted octanol–water partition coefficient (Wildman–Crippen LogP) is 4.17. The number of fused-ring (bicyclic) bond motifs is 3. The van der Waals surface area contributed by atoms with Gasteiger partial charge in [0.2, 0.25) is 5.91 Å². The third-order valence-corrected chi connectivity index (χ3v) is 6.74. The maximum absolute atomic E-state index is 13.5. The second-order valence-corrected chi connectivity index (χ2v) is 8.96. The van der Waals surface area contributed by atoms with Crippen LogP contribution in [0.25, 0.3) is 11.1 Å². The van der Waals surface area contributed by atoms with Gasteiger partial charge in [0.05, 0.1) is 20.8 Å².